The Labute approximate surface area is 332 Å². The van der Waals surface area contributed by atoms with E-state index in [1.807, 2.05) is 0 Å². The molecule has 0 N–H and O–H groups in total. The van der Waals surface area contributed by atoms with E-state index in [4.69, 9.17) is 0 Å². The maximum atomic E-state index is 2.52. The number of nitrogens with zero attached hydrogens (tertiary/aromatic N) is 2. The summed E-state index contributed by atoms with van der Waals surface area (Å²) in [4.78, 5) is 4.80. The Morgan fingerprint density at radius 2 is 0.804 bits per heavy atom. The van der Waals surface area contributed by atoms with Gasteiger partial charge in [-0.3, -0.25) is 0 Å². The van der Waals surface area contributed by atoms with Crippen LogP contribution in [0, 0.1) is 0 Å². The summed E-state index contributed by atoms with van der Waals surface area (Å²) in [6.07, 6.45) is 0. The molecule has 0 atom stereocenters. The van der Waals surface area contributed by atoms with Gasteiger partial charge in [-0.1, -0.05) is 155 Å². The quantitative estimate of drug-likeness (QED) is 0.113. The third kappa shape index (κ3) is 6.23. The maximum Gasteiger partial charge on any atom is 0.0785 e. The summed E-state index contributed by atoms with van der Waals surface area (Å²) in [5.74, 6) is 0. The predicted octanol–water partition coefficient (Wildman–Crippen LogP) is 15.0. The summed E-state index contributed by atoms with van der Waals surface area (Å²) in [6.45, 7) is 14.5. The summed E-state index contributed by atoms with van der Waals surface area (Å²) in [5.41, 5.74) is 10.8. The molecule has 0 unspecified atom stereocenters. The average Bonchev–Trinajstić information content (AvgIpc) is 3.21. The van der Waals surface area contributed by atoms with Crippen LogP contribution in [-0.2, 0) is 5.41 Å². The molecule has 0 aromatic heterocycles. The largest absolute Gasteiger partial charge is 0.311 e. The highest BCUT2D eigenvalue weighted by atomic mass is 28.3. The Morgan fingerprint density at radius 1 is 0.393 bits per heavy atom. The van der Waals surface area contributed by atoms with E-state index in [0.717, 1.165) is 28.4 Å². The fourth-order valence-corrected chi connectivity index (χ4v) is 10.2. The average molecular weight is 741 g/mol. The highest BCUT2D eigenvalue weighted by Crippen LogP contribution is 2.48. The first-order chi connectivity index (χ1) is 27.1. The zero-order valence-corrected chi connectivity index (χ0v) is 34.2. The van der Waals surface area contributed by atoms with Crippen molar-refractivity contribution in [1.29, 1.82) is 0 Å². The van der Waals surface area contributed by atoms with Crippen LogP contribution in [-0.4, -0.2) is 8.07 Å². The lowest BCUT2D eigenvalue weighted by Gasteiger charge is -2.32. The summed E-state index contributed by atoms with van der Waals surface area (Å²) in [6, 6.07) is 66.8. The van der Waals surface area contributed by atoms with Gasteiger partial charge in [-0.25, -0.2) is 0 Å². The first-order valence-corrected chi connectivity index (χ1v) is 23.3. The molecule has 0 saturated carbocycles. The molecule has 0 aliphatic carbocycles. The van der Waals surface area contributed by atoms with E-state index >= 15 is 0 Å². The van der Waals surface area contributed by atoms with Crippen molar-refractivity contribution in [3.8, 4) is 11.1 Å². The lowest BCUT2D eigenvalue weighted by molar-refractivity contribution is 0.596. The number of hydrogen-bond acceptors (Lipinski definition) is 2. The van der Waals surface area contributed by atoms with Gasteiger partial charge in [0.15, 0.2) is 0 Å². The van der Waals surface area contributed by atoms with Crippen molar-refractivity contribution in [3.05, 3.63) is 188 Å². The SMILES string of the molecule is CC(C)(C)c1cc(-c2ccc(N(c3ccccc3)c3ccccc3)cc2)c2ccc3c([Si](C)(C)C)cc(N(c4ccccc4)c4ccccc4)c4ccc1c2c43. The first-order valence-electron chi connectivity index (χ1n) is 19.8. The van der Waals surface area contributed by atoms with Crippen molar-refractivity contribution < 1.29 is 0 Å². The van der Waals surface area contributed by atoms with E-state index in [-0.39, 0.29) is 5.41 Å². The first kappa shape index (κ1) is 35.5. The minimum Gasteiger partial charge on any atom is -0.311 e. The third-order valence-electron chi connectivity index (χ3n) is 11.2. The molecule has 0 aliphatic heterocycles. The minimum absolute atomic E-state index is 0.0705. The van der Waals surface area contributed by atoms with Gasteiger partial charge >= 0.3 is 0 Å². The smallest absolute Gasteiger partial charge is 0.0785 e. The molecule has 3 heteroatoms. The Bertz CT molecular complexity index is 2700. The molecular weight excluding hydrogens is 693 g/mol. The van der Waals surface area contributed by atoms with E-state index in [1.165, 1.54) is 59.9 Å². The third-order valence-corrected chi connectivity index (χ3v) is 13.3. The molecule has 274 valence electrons. The minimum atomic E-state index is -1.84. The van der Waals surface area contributed by atoms with Crippen LogP contribution in [0.25, 0.3) is 43.4 Å². The molecule has 0 saturated heterocycles. The molecule has 0 bridgehead atoms. The Kier molecular flexibility index (Phi) is 8.79. The Balaban J connectivity index is 1.32. The van der Waals surface area contributed by atoms with Crippen molar-refractivity contribution in [2.45, 2.75) is 45.8 Å². The summed E-state index contributed by atoms with van der Waals surface area (Å²) in [5, 5.41) is 9.53. The van der Waals surface area contributed by atoms with Crippen LogP contribution in [0.4, 0.5) is 34.1 Å². The van der Waals surface area contributed by atoms with Gasteiger partial charge in [0.2, 0.25) is 0 Å². The maximum absolute atomic E-state index is 2.52. The van der Waals surface area contributed by atoms with Gasteiger partial charge in [0.25, 0.3) is 0 Å². The van der Waals surface area contributed by atoms with Crippen LogP contribution in [0.15, 0.2) is 182 Å². The van der Waals surface area contributed by atoms with Crippen LogP contribution in [0.3, 0.4) is 0 Å². The fourth-order valence-electron chi connectivity index (χ4n) is 8.61. The van der Waals surface area contributed by atoms with Crippen molar-refractivity contribution in [2.24, 2.45) is 0 Å². The van der Waals surface area contributed by atoms with Crippen molar-refractivity contribution in [1.82, 2.24) is 0 Å². The zero-order valence-electron chi connectivity index (χ0n) is 33.2. The number of rotatable bonds is 8. The van der Waals surface area contributed by atoms with Gasteiger partial charge in [0.05, 0.1) is 13.8 Å². The number of para-hydroxylation sites is 4. The Hall–Kier alpha value is -6.16. The van der Waals surface area contributed by atoms with Crippen molar-refractivity contribution in [3.63, 3.8) is 0 Å². The number of anilines is 6. The molecule has 2 nitrogen and oxygen atoms in total. The lowest BCUT2D eigenvalue weighted by Crippen LogP contribution is -2.38. The predicted molar refractivity (Wildman–Crippen MR) is 247 cm³/mol. The summed E-state index contributed by atoms with van der Waals surface area (Å²) in [7, 11) is -1.84. The van der Waals surface area contributed by atoms with Gasteiger partial charge in [0, 0.05) is 33.8 Å². The molecule has 0 aliphatic rings. The molecule has 56 heavy (non-hydrogen) atoms. The monoisotopic (exact) mass is 740 g/mol. The van der Waals surface area contributed by atoms with E-state index in [1.54, 1.807) is 0 Å². The standard InChI is InChI=1S/C53H48N2Si/c1-53(2,3)48-35-47(37-27-29-42(30-28-37)54(38-19-11-7-12-20-38)39-21-13-8-14-22-39)43-31-34-46-50(56(4,5)6)36-49(45-33-32-44(48)51(43)52(45)46)55(40-23-15-9-16-24-40)41-25-17-10-18-26-41/h7-36H,1-6H3. The van der Waals surface area contributed by atoms with Crippen molar-refractivity contribution in [2.75, 3.05) is 9.80 Å². The van der Waals surface area contributed by atoms with E-state index < -0.39 is 8.07 Å². The second-order valence-electron chi connectivity index (χ2n) is 17.0. The number of hydrogen-bond donors (Lipinski definition) is 0. The second kappa shape index (κ2) is 13.8. The molecule has 9 aromatic carbocycles. The van der Waals surface area contributed by atoms with E-state index in [9.17, 15) is 0 Å². The van der Waals surface area contributed by atoms with Crippen LogP contribution in [0.5, 0.6) is 0 Å². The van der Waals surface area contributed by atoms with Gasteiger partial charge in [-0.05, 0) is 122 Å². The Morgan fingerprint density at radius 3 is 1.29 bits per heavy atom. The van der Waals surface area contributed by atoms with Gasteiger partial charge in [0.1, 0.15) is 0 Å². The fraction of sp³-hybridized carbons (Fsp3) is 0.132. The van der Waals surface area contributed by atoms with Crippen LogP contribution in [0.1, 0.15) is 26.3 Å². The second-order valence-corrected chi connectivity index (χ2v) is 22.1. The molecule has 0 heterocycles. The van der Waals surface area contributed by atoms with Gasteiger partial charge in [-0.15, -0.1) is 0 Å². The van der Waals surface area contributed by atoms with Crippen molar-refractivity contribution >= 4 is 79.7 Å². The normalized spacial score (nSPS) is 12.1. The molecule has 0 radical (unpaired) electrons. The molecule has 0 amide bonds. The van der Waals surface area contributed by atoms with E-state index in [0.29, 0.717) is 0 Å². The van der Waals surface area contributed by atoms with Gasteiger partial charge < -0.3 is 9.80 Å². The molecule has 0 fully saturated rings. The molecule has 9 rings (SSSR count). The number of benzene rings is 9. The van der Waals surface area contributed by atoms with Crippen LogP contribution >= 0.6 is 0 Å². The van der Waals surface area contributed by atoms with E-state index in [2.05, 4.69) is 232 Å². The highest BCUT2D eigenvalue weighted by Gasteiger charge is 2.29. The van der Waals surface area contributed by atoms with Crippen LogP contribution in [0.2, 0.25) is 19.6 Å². The van der Waals surface area contributed by atoms with Gasteiger partial charge in [-0.2, -0.15) is 0 Å². The summed E-state index contributed by atoms with van der Waals surface area (Å²) < 4.78 is 0. The summed E-state index contributed by atoms with van der Waals surface area (Å²) >= 11 is 0. The lowest BCUT2D eigenvalue weighted by atomic mass is 9.78. The topological polar surface area (TPSA) is 6.48 Å². The highest BCUT2D eigenvalue weighted by molar-refractivity contribution is 6.90. The molecule has 0 spiro atoms. The zero-order chi connectivity index (χ0) is 38.6. The molecular formula is C53H48N2Si. The van der Waals surface area contributed by atoms with Crippen LogP contribution < -0.4 is 15.0 Å². The molecule has 9 aromatic rings.